The molecule has 0 saturated heterocycles. The van der Waals surface area contributed by atoms with Crippen LogP contribution in [-0.4, -0.2) is 26.0 Å². The fourth-order valence-corrected chi connectivity index (χ4v) is 3.21. The normalized spacial score (nSPS) is 14.8. The van der Waals surface area contributed by atoms with Gasteiger partial charge in [0.25, 0.3) is 5.91 Å². The minimum atomic E-state index is -0.225. The number of carbonyl (C=O) groups is 1. The van der Waals surface area contributed by atoms with Crippen molar-refractivity contribution in [2.24, 2.45) is 0 Å². The van der Waals surface area contributed by atoms with E-state index in [1.165, 1.54) is 12.1 Å². The molecule has 0 heterocycles. The number of hydrogen-bond acceptors (Lipinski definition) is 2. The zero-order chi connectivity index (χ0) is 17.9. The highest BCUT2D eigenvalue weighted by molar-refractivity contribution is 5.94. The molecule has 3 rings (SSSR count). The third-order valence-electron chi connectivity index (χ3n) is 5.03. The number of carbonyl (C=O) groups excluding carboxylic acids is 1. The van der Waals surface area contributed by atoms with Crippen LogP contribution in [0.5, 0.6) is 0 Å². The van der Waals surface area contributed by atoms with Crippen LogP contribution in [0.25, 0.3) is 0 Å². The second-order valence-corrected chi connectivity index (χ2v) is 6.94. The molecule has 132 valence electrons. The predicted octanol–water partition coefficient (Wildman–Crippen LogP) is 4.13. The number of benzene rings is 2. The van der Waals surface area contributed by atoms with Crippen molar-refractivity contribution >= 4 is 11.6 Å². The van der Waals surface area contributed by atoms with E-state index in [1.807, 2.05) is 36.4 Å². The molecule has 3 nitrogen and oxygen atoms in total. The maximum atomic E-state index is 13.1. The summed E-state index contributed by atoms with van der Waals surface area (Å²) in [6.45, 7) is 3.73. The molecule has 1 N–H and O–H groups in total. The van der Waals surface area contributed by atoms with Crippen LogP contribution in [0.4, 0.5) is 10.1 Å². The molecule has 0 atom stereocenters. The molecule has 2 aromatic carbocycles. The first-order valence-corrected chi connectivity index (χ1v) is 8.89. The van der Waals surface area contributed by atoms with Crippen LogP contribution in [0.15, 0.2) is 48.5 Å². The third-order valence-corrected chi connectivity index (χ3v) is 5.03. The van der Waals surface area contributed by atoms with E-state index < -0.39 is 0 Å². The van der Waals surface area contributed by atoms with E-state index in [0.29, 0.717) is 12.1 Å². The zero-order valence-corrected chi connectivity index (χ0v) is 14.9. The summed E-state index contributed by atoms with van der Waals surface area (Å²) in [5, 5.41) is 3.04. The van der Waals surface area contributed by atoms with Crippen LogP contribution in [0.3, 0.4) is 0 Å². The van der Waals surface area contributed by atoms with Crippen molar-refractivity contribution in [2.75, 3.05) is 25.0 Å². The van der Waals surface area contributed by atoms with Gasteiger partial charge in [-0.3, -0.25) is 4.79 Å². The van der Waals surface area contributed by atoms with Crippen molar-refractivity contribution in [3.05, 3.63) is 65.5 Å². The average Bonchev–Trinajstić information content (AvgIpc) is 3.42. The molecule has 25 heavy (non-hydrogen) atoms. The standard InChI is InChI=1S/C21H25FN2O/c1-3-14-24(2)19-10-4-16(5-11-19)20(25)23-15-21(12-13-21)17-6-8-18(22)9-7-17/h4-11H,3,12-15H2,1-2H3,(H,23,25). The first kappa shape index (κ1) is 17.5. The fraction of sp³-hybridized carbons (Fsp3) is 0.381. The molecule has 1 aliphatic rings. The van der Waals surface area contributed by atoms with Crippen molar-refractivity contribution in [3.8, 4) is 0 Å². The first-order valence-electron chi connectivity index (χ1n) is 8.89. The molecule has 1 saturated carbocycles. The molecule has 0 aromatic heterocycles. The number of nitrogens with zero attached hydrogens (tertiary/aromatic N) is 1. The predicted molar refractivity (Wildman–Crippen MR) is 99.6 cm³/mol. The summed E-state index contributed by atoms with van der Waals surface area (Å²) in [4.78, 5) is 14.6. The molecule has 0 unspecified atom stereocenters. The Morgan fingerprint density at radius 3 is 2.32 bits per heavy atom. The van der Waals surface area contributed by atoms with Gasteiger partial charge in [0.2, 0.25) is 0 Å². The van der Waals surface area contributed by atoms with E-state index in [4.69, 9.17) is 0 Å². The number of amides is 1. The van der Waals surface area contributed by atoms with Crippen LogP contribution in [0, 0.1) is 5.82 Å². The Kier molecular flexibility index (Phi) is 5.07. The molecule has 0 radical (unpaired) electrons. The van der Waals surface area contributed by atoms with Gasteiger partial charge in [-0.1, -0.05) is 19.1 Å². The lowest BCUT2D eigenvalue weighted by atomic mass is 9.96. The van der Waals surface area contributed by atoms with E-state index in [1.54, 1.807) is 0 Å². The van der Waals surface area contributed by atoms with Gasteiger partial charge in [0.15, 0.2) is 0 Å². The van der Waals surface area contributed by atoms with Crippen molar-refractivity contribution in [1.29, 1.82) is 0 Å². The van der Waals surface area contributed by atoms with Crippen molar-refractivity contribution in [2.45, 2.75) is 31.6 Å². The van der Waals surface area contributed by atoms with Crippen molar-refractivity contribution < 1.29 is 9.18 Å². The topological polar surface area (TPSA) is 32.3 Å². The maximum absolute atomic E-state index is 13.1. The third kappa shape index (κ3) is 4.01. The zero-order valence-electron chi connectivity index (χ0n) is 14.9. The van der Waals surface area contributed by atoms with Gasteiger partial charge < -0.3 is 10.2 Å². The Bertz CT molecular complexity index is 721. The monoisotopic (exact) mass is 340 g/mol. The van der Waals surface area contributed by atoms with Gasteiger partial charge in [-0.25, -0.2) is 4.39 Å². The first-order chi connectivity index (χ1) is 12.0. The second-order valence-electron chi connectivity index (χ2n) is 6.94. The molecule has 4 heteroatoms. The van der Waals surface area contributed by atoms with E-state index in [-0.39, 0.29) is 17.1 Å². The Hall–Kier alpha value is -2.36. The van der Waals surface area contributed by atoms with Crippen molar-refractivity contribution in [1.82, 2.24) is 5.32 Å². The molecule has 0 aliphatic heterocycles. The average molecular weight is 340 g/mol. The molecular formula is C21H25FN2O. The number of anilines is 1. The van der Waals surface area contributed by atoms with Crippen LogP contribution < -0.4 is 10.2 Å². The summed E-state index contributed by atoms with van der Waals surface area (Å²) < 4.78 is 13.1. The lowest BCUT2D eigenvalue weighted by molar-refractivity contribution is 0.0949. The SMILES string of the molecule is CCCN(C)c1ccc(C(=O)NCC2(c3ccc(F)cc3)CC2)cc1. The lowest BCUT2D eigenvalue weighted by Crippen LogP contribution is -2.32. The van der Waals surface area contributed by atoms with Crippen molar-refractivity contribution in [3.63, 3.8) is 0 Å². The number of halogens is 1. The van der Waals surface area contributed by atoms with Gasteiger partial charge in [-0.2, -0.15) is 0 Å². The quantitative estimate of drug-likeness (QED) is 0.822. The summed E-state index contributed by atoms with van der Waals surface area (Å²) in [6.07, 6.45) is 3.14. The Balaban J connectivity index is 1.60. The Labute approximate surface area is 148 Å². The van der Waals surface area contributed by atoms with Gasteiger partial charge in [-0.15, -0.1) is 0 Å². The molecule has 1 aliphatic carbocycles. The highest BCUT2D eigenvalue weighted by Crippen LogP contribution is 2.47. The van der Waals surface area contributed by atoms with Crippen LogP contribution in [-0.2, 0) is 5.41 Å². The van der Waals surface area contributed by atoms with Gasteiger partial charge in [0, 0.05) is 36.8 Å². The van der Waals surface area contributed by atoms with E-state index in [2.05, 4.69) is 24.2 Å². The van der Waals surface area contributed by atoms with Gasteiger partial charge in [0.1, 0.15) is 5.82 Å². The molecule has 2 aromatic rings. The van der Waals surface area contributed by atoms with Gasteiger partial charge in [-0.05, 0) is 61.2 Å². The highest BCUT2D eigenvalue weighted by Gasteiger charge is 2.44. The summed E-state index contributed by atoms with van der Waals surface area (Å²) in [6, 6.07) is 14.3. The van der Waals surface area contributed by atoms with Crippen LogP contribution >= 0.6 is 0 Å². The number of hydrogen-bond donors (Lipinski definition) is 1. The fourth-order valence-electron chi connectivity index (χ4n) is 3.21. The van der Waals surface area contributed by atoms with E-state index >= 15 is 0 Å². The minimum Gasteiger partial charge on any atom is -0.375 e. The molecule has 1 amide bonds. The largest absolute Gasteiger partial charge is 0.375 e. The minimum absolute atomic E-state index is 0.0232. The molecule has 0 bridgehead atoms. The second kappa shape index (κ2) is 7.26. The van der Waals surface area contributed by atoms with Gasteiger partial charge >= 0.3 is 0 Å². The molecule has 0 spiro atoms. The molecule has 1 fully saturated rings. The summed E-state index contributed by atoms with van der Waals surface area (Å²) >= 11 is 0. The lowest BCUT2D eigenvalue weighted by Gasteiger charge is -2.19. The molecular weight excluding hydrogens is 315 g/mol. The Morgan fingerprint density at radius 2 is 1.76 bits per heavy atom. The summed E-state index contributed by atoms with van der Waals surface area (Å²) in [5.41, 5.74) is 2.86. The highest BCUT2D eigenvalue weighted by atomic mass is 19.1. The summed E-state index contributed by atoms with van der Waals surface area (Å²) in [7, 11) is 2.05. The maximum Gasteiger partial charge on any atom is 0.251 e. The van der Waals surface area contributed by atoms with Gasteiger partial charge in [0.05, 0.1) is 0 Å². The summed E-state index contributed by atoms with van der Waals surface area (Å²) in [5.74, 6) is -0.283. The smallest absolute Gasteiger partial charge is 0.251 e. The number of nitrogens with one attached hydrogen (secondary N) is 1. The number of rotatable bonds is 7. The Morgan fingerprint density at radius 1 is 1.12 bits per heavy atom. The van der Waals surface area contributed by atoms with Crippen LogP contribution in [0.2, 0.25) is 0 Å². The van der Waals surface area contributed by atoms with E-state index in [9.17, 15) is 9.18 Å². The van der Waals surface area contributed by atoms with Crippen LogP contribution in [0.1, 0.15) is 42.1 Å². The van der Waals surface area contributed by atoms with E-state index in [0.717, 1.165) is 37.1 Å².